The monoisotopic (exact) mass is 322 g/mol. The van der Waals surface area contributed by atoms with E-state index >= 15 is 0 Å². The van der Waals surface area contributed by atoms with Crippen molar-refractivity contribution < 1.29 is 14.3 Å². The van der Waals surface area contributed by atoms with Crippen LogP contribution in [-0.2, 0) is 9.53 Å². The molecule has 120 valence electrons. The molecule has 5 nitrogen and oxygen atoms in total. The van der Waals surface area contributed by atoms with Crippen molar-refractivity contribution in [3.63, 3.8) is 0 Å². The fourth-order valence-corrected chi connectivity index (χ4v) is 4.05. The van der Waals surface area contributed by atoms with Gasteiger partial charge in [0.1, 0.15) is 11.1 Å². The maximum Gasteiger partial charge on any atom is 0.233 e. The van der Waals surface area contributed by atoms with Crippen LogP contribution in [0.3, 0.4) is 0 Å². The number of thioether (sulfide) groups is 1. The molecule has 2 heterocycles. The topological polar surface area (TPSA) is 42.0 Å². The van der Waals surface area contributed by atoms with E-state index in [0.717, 1.165) is 50.7 Å². The van der Waals surface area contributed by atoms with E-state index in [9.17, 15) is 4.79 Å². The highest BCUT2D eigenvalue weighted by Crippen LogP contribution is 2.39. The van der Waals surface area contributed by atoms with E-state index in [1.54, 1.807) is 18.9 Å². The Balaban J connectivity index is 1.66. The van der Waals surface area contributed by atoms with Crippen LogP contribution in [0.5, 0.6) is 5.75 Å². The fraction of sp³-hybridized carbons (Fsp3) is 0.562. The number of methoxy groups -OCH3 is 1. The van der Waals surface area contributed by atoms with Crippen LogP contribution >= 0.6 is 11.8 Å². The Bertz CT molecular complexity index is 520. The van der Waals surface area contributed by atoms with Crippen LogP contribution in [0.4, 0.5) is 0 Å². The molecule has 1 unspecified atom stereocenters. The molecule has 2 saturated heterocycles. The van der Waals surface area contributed by atoms with Crippen molar-refractivity contribution in [1.29, 1.82) is 0 Å². The summed E-state index contributed by atoms with van der Waals surface area (Å²) in [6.45, 7) is 5.19. The second-order valence-corrected chi connectivity index (χ2v) is 6.55. The van der Waals surface area contributed by atoms with Gasteiger partial charge in [-0.3, -0.25) is 9.69 Å². The normalized spacial score (nSPS) is 23.0. The van der Waals surface area contributed by atoms with Crippen LogP contribution in [0.15, 0.2) is 24.3 Å². The molecule has 0 N–H and O–H groups in total. The van der Waals surface area contributed by atoms with Gasteiger partial charge in [0.25, 0.3) is 0 Å². The predicted molar refractivity (Wildman–Crippen MR) is 87.2 cm³/mol. The van der Waals surface area contributed by atoms with Crippen LogP contribution < -0.4 is 4.74 Å². The fourth-order valence-electron chi connectivity index (χ4n) is 2.84. The minimum absolute atomic E-state index is 0.101. The second-order valence-electron chi connectivity index (χ2n) is 5.48. The lowest BCUT2D eigenvalue weighted by Gasteiger charge is -2.30. The van der Waals surface area contributed by atoms with Crippen LogP contribution in [0.1, 0.15) is 10.9 Å². The summed E-state index contributed by atoms with van der Waals surface area (Å²) in [5.74, 6) is 1.63. The molecule has 0 aliphatic carbocycles. The highest BCUT2D eigenvalue weighted by molar-refractivity contribution is 8.00. The lowest BCUT2D eigenvalue weighted by atomic mass is 10.2. The molecule has 6 heteroatoms. The summed E-state index contributed by atoms with van der Waals surface area (Å²) in [6.07, 6.45) is 0. The summed E-state index contributed by atoms with van der Waals surface area (Å²) >= 11 is 1.70. The molecule has 0 radical (unpaired) electrons. The Morgan fingerprint density at radius 3 is 2.91 bits per heavy atom. The molecule has 1 aromatic rings. The Labute approximate surface area is 135 Å². The summed E-state index contributed by atoms with van der Waals surface area (Å²) in [4.78, 5) is 16.6. The van der Waals surface area contributed by atoms with E-state index in [1.165, 1.54) is 0 Å². The molecule has 3 rings (SSSR count). The number of morpholine rings is 1. The van der Waals surface area contributed by atoms with E-state index in [0.29, 0.717) is 5.75 Å². The molecule has 1 amide bonds. The van der Waals surface area contributed by atoms with Crippen molar-refractivity contribution in [2.75, 3.05) is 52.3 Å². The van der Waals surface area contributed by atoms with Gasteiger partial charge in [0.05, 0.1) is 26.1 Å². The third kappa shape index (κ3) is 3.56. The molecule has 0 aromatic heterocycles. The van der Waals surface area contributed by atoms with Crippen LogP contribution in [-0.4, -0.2) is 68.0 Å². The molecule has 2 aliphatic rings. The van der Waals surface area contributed by atoms with E-state index in [1.807, 2.05) is 23.1 Å². The molecular formula is C16H22N2O3S. The predicted octanol–water partition coefficient (Wildman–Crippen LogP) is 1.60. The molecule has 1 atom stereocenters. The summed E-state index contributed by atoms with van der Waals surface area (Å²) in [5, 5.41) is 0.101. The summed E-state index contributed by atoms with van der Waals surface area (Å²) in [6, 6.07) is 8.01. The van der Waals surface area contributed by atoms with Crippen LogP contribution in [0.2, 0.25) is 0 Å². The van der Waals surface area contributed by atoms with Crippen molar-refractivity contribution in [2.24, 2.45) is 0 Å². The standard InChI is InChI=1S/C16H22N2O3S/c1-20-14-4-2-3-13(11-14)16-18(15(19)12-22-16)6-5-17-7-9-21-10-8-17/h2-4,11,16H,5-10,12H2,1H3. The van der Waals surface area contributed by atoms with E-state index in [4.69, 9.17) is 9.47 Å². The van der Waals surface area contributed by atoms with Gasteiger partial charge < -0.3 is 14.4 Å². The summed E-state index contributed by atoms with van der Waals surface area (Å²) in [5.41, 5.74) is 1.14. The Morgan fingerprint density at radius 2 is 2.14 bits per heavy atom. The molecule has 0 spiro atoms. The van der Waals surface area contributed by atoms with Crippen molar-refractivity contribution in [3.05, 3.63) is 29.8 Å². The van der Waals surface area contributed by atoms with Gasteiger partial charge in [-0.15, -0.1) is 11.8 Å². The van der Waals surface area contributed by atoms with Crippen molar-refractivity contribution in [2.45, 2.75) is 5.37 Å². The molecule has 0 bridgehead atoms. The molecular weight excluding hydrogens is 300 g/mol. The van der Waals surface area contributed by atoms with Crippen LogP contribution in [0, 0.1) is 0 Å². The first-order valence-electron chi connectivity index (χ1n) is 7.63. The van der Waals surface area contributed by atoms with Gasteiger partial charge >= 0.3 is 0 Å². The van der Waals surface area contributed by atoms with Gasteiger partial charge in [0.15, 0.2) is 0 Å². The van der Waals surface area contributed by atoms with Crippen molar-refractivity contribution in [1.82, 2.24) is 9.80 Å². The quantitative estimate of drug-likeness (QED) is 0.824. The smallest absolute Gasteiger partial charge is 0.233 e. The van der Waals surface area contributed by atoms with Crippen molar-refractivity contribution >= 4 is 17.7 Å². The molecule has 22 heavy (non-hydrogen) atoms. The van der Waals surface area contributed by atoms with Gasteiger partial charge in [-0.25, -0.2) is 0 Å². The molecule has 2 aliphatic heterocycles. The van der Waals surface area contributed by atoms with Gasteiger partial charge in [-0.2, -0.15) is 0 Å². The van der Waals surface area contributed by atoms with Crippen LogP contribution in [0.25, 0.3) is 0 Å². The lowest BCUT2D eigenvalue weighted by molar-refractivity contribution is -0.128. The van der Waals surface area contributed by atoms with E-state index in [-0.39, 0.29) is 11.3 Å². The number of rotatable bonds is 5. The number of hydrogen-bond donors (Lipinski definition) is 0. The van der Waals surface area contributed by atoms with Gasteiger partial charge in [-0.1, -0.05) is 12.1 Å². The molecule has 0 saturated carbocycles. The third-order valence-electron chi connectivity index (χ3n) is 4.11. The number of benzene rings is 1. The first-order valence-corrected chi connectivity index (χ1v) is 8.68. The largest absolute Gasteiger partial charge is 0.497 e. The Kier molecular flexibility index (Phi) is 5.23. The van der Waals surface area contributed by atoms with Gasteiger partial charge in [-0.05, 0) is 17.7 Å². The second kappa shape index (κ2) is 7.35. The van der Waals surface area contributed by atoms with E-state index in [2.05, 4.69) is 11.0 Å². The summed E-state index contributed by atoms with van der Waals surface area (Å²) < 4.78 is 10.7. The highest BCUT2D eigenvalue weighted by atomic mass is 32.2. The number of ether oxygens (including phenoxy) is 2. The zero-order valence-electron chi connectivity index (χ0n) is 12.9. The average molecular weight is 322 g/mol. The van der Waals surface area contributed by atoms with Gasteiger partial charge in [0.2, 0.25) is 5.91 Å². The SMILES string of the molecule is COc1cccc(C2SCC(=O)N2CCN2CCOCC2)c1. The van der Waals surface area contributed by atoms with E-state index < -0.39 is 0 Å². The third-order valence-corrected chi connectivity index (χ3v) is 5.36. The zero-order valence-corrected chi connectivity index (χ0v) is 13.7. The minimum Gasteiger partial charge on any atom is -0.497 e. The minimum atomic E-state index is 0.101. The number of nitrogens with zero attached hydrogens (tertiary/aromatic N) is 2. The summed E-state index contributed by atoms with van der Waals surface area (Å²) in [7, 11) is 1.67. The number of amides is 1. The Hall–Kier alpha value is -1.24. The van der Waals surface area contributed by atoms with Gasteiger partial charge in [0, 0.05) is 26.2 Å². The number of hydrogen-bond acceptors (Lipinski definition) is 5. The average Bonchev–Trinajstić information content (AvgIpc) is 2.95. The maximum atomic E-state index is 12.2. The first-order chi connectivity index (χ1) is 10.8. The molecule has 1 aromatic carbocycles. The van der Waals surface area contributed by atoms with Crippen molar-refractivity contribution in [3.8, 4) is 5.75 Å². The number of carbonyl (C=O) groups excluding carboxylic acids is 1. The maximum absolute atomic E-state index is 12.2. The lowest BCUT2D eigenvalue weighted by Crippen LogP contribution is -2.42. The molecule has 2 fully saturated rings. The zero-order chi connectivity index (χ0) is 15.4. The first kappa shape index (κ1) is 15.6. The Morgan fingerprint density at radius 1 is 1.32 bits per heavy atom. The highest BCUT2D eigenvalue weighted by Gasteiger charge is 2.33. The number of carbonyl (C=O) groups is 1.